The maximum absolute atomic E-state index is 11.5. The molecule has 0 spiro atoms. The summed E-state index contributed by atoms with van der Waals surface area (Å²) in [6.45, 7) is 1.75. The van der Waals surface area contributed by atoms with E-state index in [9.17, 15) is 9.59 Å². The van der Waals surface area contributed by atoms with Crippen LogP contribution in [0.2, 0.25) is 0 Å². The average Bonchev–Trinajstić information content (AvgIpc) is 2.26. The van der Waals surface area contributed by atoms with Crippen molar-refractivity contribution in [2.75, 3.05) is 0 Å². The van der Waals surface area contributed by atoms with Crippen LogP contribution in [-0.4, -0.2) is 16.9 Å². The Morgan fingerprint density at radius 3 is 2.33 bits per heavy atom. The van der Waals surface area contributed by atoms with Crippen LogP contribution in [-0.2, 0) is 9.59 Å². The van der Waals surface area contributed by atoms with Crippen LogP contribution in [0.25, 0.3) is 0 Å². The lowest BCUT2D eigenvalue weighted by atomic mass is 9.96. The number of benzene rings is 1. The van der Waals surface area contributed by atoms with Crippen LogP contribution in [0, 0.1) is 0 Å². The zero-order valence-corrected chi connectivity index (χ0v) is 8.38. The fourth-order valence-corrected chi connectivity index (χ4v) is 1.20. The molecular formula is C12H12O3. The largest absolute Gasteiger partial charge is 0.478 e. The minimum Gasteiger partial charge on any atom is -0.478 e. The molecule has 15 heavy (non-hydrogen) atoms. The zero-order valence-electron chi connectivity index (χ0n) is 8.38. The number of carbonyl (C=O) groups excluding carboxylic acids is 1. The highest BCUT2D eigenvalue weighted by Gasteiger charge is 2.11. The molecule has 3 nitrogen and oxygen atoms in total. The molecule has 1 aromatic rings. The summed E-state index contributed by atoms with van der Waals surface area (Å²) in [5.74, 6) is -1.62. The molecule has 0 radical (unpaired) electrons. The van der Waals surface area contributed by atoms with Crippen LogP contribution in [0.15, 0.2) is 42.5 Å². The predicted octanol–water partition coefficient (Wildman–Crippen LogP) is 2.00. The first-order valence-corrected chi connectivity index (χ1v) is 4.61. The smallest absolute Gasteiger partial charge is 0.328 e. The lowest BCUT2D eigenvalue weighted by molar-refractivity contribution is -0.131. The summed E-state index contributed by atoms with van der Waals surface area (Å²) in [6.07, 6.45) is 1.96. The van der Waals surface area contributed by atoms with Crippen molar-refractivity contribution in [2.24, 2.45) is 0 Å². The van der Waals surface area contributed by atoms with Gasteiger partial charge in [0, 0.05) is 12.0 Å². The second-order valence-electron chi connectivity index (χ2n) is 3.21. The van der Waals surface area contributed by atoms with Gasteiger partial charge in [-0.2, -0.15) is 0 Å². The van der Waals surface area contributed by atoms with E-state index in [-0.39, 0.29) is 11.7 Å². The van der Waals surface area contributed by atoms with Gasteiger partial charge in [-0.15, -0.1) is 0 Å². The highest BCUT2D eigenvalue weighted by molar-refractivity contribution is 5.99. The Bertz CT molecular complexity index is 379. The number of ketones is 1. The third-order valence-electron chi connectivity index (χ3n) is 2.12. The van der Waals surface area contributed by atoms with Crippen molar-refractivity contribution in [2.45, 2.75) is 12.8 Å². The zero-order chi connectivity index (χ0) is 11.3. The van der Waals surface area contributed by atoms with E-state index in [1.54, 1.807) is 6.92 Å². The van der Waals surface area contributed by atoms with Gasteiger partial charge in [0.1, 0.15) is 0 Å². The number of carboxylic acids is 1. The van der Waals surface area contributed by atoms with Gasteiger partial charge in [-0.05, 0) is 11.6 Å². The van der Waals surface area contributed by atoms with Gasteiger partial charge in [-0.3, -0.25) is 4.79 Å². The fourth-order valence-electron chi connectivity index (χ4n) is 1.20. The highest BCUT2D eigenvalue weighted by Crippen LogP contribution is 2.15. The number of carbonyl (C=O) groups is 2. The van der Waals surface area contributed by atoms with E-state index < -0.39 is 5.97 Å². The molecule has 0 amide bonds. The standard InChI is InChI=1S/C12H12O3/c1-9(10-5-3-2-4-6-10)11(13)7-8-12(14)15/h2-9H,1H3,(H,14,15)/b8-7+. The Hall–Kier alpha value is -1.90. The Morgan fingerprint density at radius 1 is 1.20 bits per heavy atom. The number of carboxylic acid groups (broad SMARTS) is 1. The third-order valence-corrected chi connectivity index (χ3v) is 2.12. The molecule has 0 aliphatic heterocycles. The number of allylic oxidation sites excluding steroid dienone is 1. The molecule has 1 atom stereocenters. The number of hydrogen-bond acceptors (Lipinski definition) is 2. The molecule has 1 aromatic carbocycles. The summed E-state index contributed by atoms with van der Waals surface area (Å²) in [7, 11) is 0. The molecule has 1 rings (SSSR count). The van der Waals surface area contributed by atoms with Crippen LogP contribution in [0.1, 0.15) is 18.4 Å². The molecule has 0 aromatic heterocycles. The van der Waals surface area contributed by atoms with Crippen molar-refractivity contribution in [3.05, 3.63) is 48.0 Å². The maximum atomic E-state index is 11.5. The Balaban J connectivity index is 2.74. The van der Waals surface area contributed by atoms with Crippen molar-refractivity contribution >= 4 is 11.8 Å². The lowest BCUT2D eigenvalue weighted by Crippen LogP contribution is -2.06. The van der Waals surface area contributed by atoms with E-state index >= 15 is 0 Å². The van der Waals surface area contributed by atoms with Crippen molar-refractivity contribution in [1.29, 1.82) is 0 Å². The molecule has 0 saturated carbocycles. The number of hydrogen-bond donors (Lipinski definition) is 1. The first-order valence-electron chi connectivity index (χ1n) is 4.61. The van der Waals surface area contributed by atoms with Crippen LogP contribution in [0.5, 0.6) is 0 Å². The molecule has 1 unspecified atom stereocenters. The van der Waals surface area contributed by atoms with E-state index in [0.29, 0.717) is 0 Å². The monoisotopic (exact) mass is 204 g/mol. The summed E-state index contributed by atoms with van der Waals surface area (Å²) in [5.41, 5.74) is 0.887. The van der Waals surface area contributed by atoms with Crippen LogP contribution >= 0.6 is 0 Å². The quantitative estimate of drug-likeness (QED) is 0.763. The SMILES string of the molecule is CC(C(=O)/C=C/C(=O)O)c1ccccc1. The van der Waals surface area contributed by atoms with Gasteiger partial charge in [0.25, 0.3) is 0 Å². The molecule has 78 valence electrons. The molecule has 0 saturated heterocycles. The third kappa shape index (κ3) is 3.38. The van der Waals surface area contributed by atoms with Gasteiger partial charge in [0.05, 0.1) is 0 Å². The van der Waals surface area contributed by atoms with Gasteiger partial charge in [-0.25, -0.2) is 4.79 Å². The van der Waals surface area contributed by atoms with Crippen LogP contribution in [0.4, 0.5) is 0 Å². The van der Waals surface area contributed by atoms with Crippen molar-refractivity contribution in [3.8, 4) is 0 Å². The minimum absolute atomic E-state index is 0.205. The second-order valence-corrected chi connectivity index (χ2v) is 3.21. The molecule has 0 bridgehead atoms. The van der Waals surface area contributed by atoms with Gasteiger partial charge in [0.2, 0.25) is 0 Å². The summed E-state index contributed by atoms with van der Waals surface area (Å²) < 4.78 is 0. The van der Waals surface area contributed by atoms with Crippen LogP contribution in [0.3, 0.4) is 0 Å². The molecular weight excluding hydrogens is 192 g/mol. The highest BCUT2D eigenvalue weighted by atomic mass is 16.4. The number of rotatable bonds is 4. The van der Waals surface area contributed by atoms with Crippen molar-refractivity contribution < 1.29 is 14.7 Å². The van der Waals surface area contributed by atoms with Crippen molar-refractivity contribution in [1.82, 2.24) is 0 Å². The minimum atomic E-state index is -1.11. The molecule has 0 heterocycles. The summed E-state index contributed by atoms with van der Waals surface area (Å²) in [5, 5.41) is 8.38. The molecule has 0 aliphatic carbocycles. The lowest BCUT2D eigenvalue weighted by Gasteiger charge is -2.06. The predicted molar refractivity (Wildman–Crippen MR) is 56.6 cm³/mol. The van der Waals surface area contributed by atoms with E-state index in [1.165, 1.54) is 0 Å². The fraction of sp³-hybridized carbons (Fsp3) is 0.167. The Kier molecular flexibility index (Phi) is 3.80. The molecule has 0 aliphatic rings. The summed E-state index contributed by atoms with van der Waals surface area (Å²) >= 11 is 0. The van der Waals surface area contributed by atoms with Gasteiger partial charge < -0.3 is 5.11 Å². The van der Waals surface area contributed by atoms with E-state index in [2.05, 4.69) is 0 Å². The molecule has 0 fully saturated rings. The van der Waals surface area contributed by atoms with Gasteiger partial charge in [-0.1, -0.05) is 37.3 Å². The number of aliphatic carboxylic acids is 1. The van der Waals surface area contributed by atoms with Crippen molar-refractivity contribution in [3.63, 3.8) is 0 Å². The van der Waals surface area contributed by atoms with Gasteiger partial charge in [0.15, 0.2) is 5.78 Å². The molecule has 1 N–H and O–H groups in total. The Morgan fingerprint density at radius 2 is 1.80 bits per heavy atom. The molecule has 3 heteroatoms. The van der Waals surface area contributed by atoms with E-state index in [0.717, 1.165) is 17.7 Å². The Labute approximate surface area is 88.0 Å². The second kappa shape index (κ2) is 5.10. The summed E-state index contributed by atoms with van der Waals surface area (Å²) in [6, 6.07) is 9.25. The van der Waals surface area contributed by atoms with E-state index in [1.807, 2.05) is 30.3 Å². The first-order chi connectivity index (χ1) is 7.11. The topological polar surface area (TPSA) is 54.4 Å². The van der Waals surface area contributed by atoms with Crippen LogP contribution < -0.4 is 0 Å². The summed E-state index contributed by atoms with van der Waals surface area (Å²) in [4.78, 5) is 21.7. The maximum Gasteiger partial charge on any atom is 0.328 e. The average molecular weight is 204 g/mol. The van der Waals surface area contributed by atoms with Gasteiger partial charge >= 0.3 is 5.97 Å². The van der Waals surface area contributed by atoms with E-state index in [4.69, 9.17) is 5.11 Å². The first kappa shape index (κ1) is 11.2. The normalized spacial score (nSPS) is 12.6.